The SMILES string of the molecule is Nc1ccc(Oc2c(C3CCCCC3)cc(Cc3cc(C4CCCCC4)c(Oc4ccc(N)cc4)c(C4CCCCC4)c3)cc2C2CCCCC2)cc1. The third-order valence-corrected chi connectivity index (χ3v) is 13.2. The van der Waals surface area contributed by atoms with Crippen LogP contribution in [0, 0.1) is 0 Å². The van der Waals surface area contributed by atoms with Crippen LogP contribution in [0.4, 0.5) is 11.4 Å². The lowest BCUT2D eigenvalue weighted by Gasteiger charge is -2.31. The van der Waals surface area contributed by atoms with Gasteiger partial charge in [0.2, 0.25) is 0 Å². The predicted molar refractivity (Wildman–Crippen MR) is 221 cm³/mol. The van der Waals surface area contributed by atoms with Crippen molar-refractivity contribution in [3.05, 3.63) is 106 Å². The molecule has 4 N–H and O–H groups in total. The first kappa shape index (κ1) is 36.1. The maximum Gasteiger partial charge on any atom is 0.134 e. The van der Waals surface area contributed by atoms with Crippen LogP contribution in [0.25, 0.3) is 0 Å². The van der Waals surface area contributed by atoms with E-state index < -0.39 is 0 Å². The van der Waals surface area contributed by atoms with Crippen LogP contribution in [0.3, 0.4) is 0 Å². The zero-order chi connectivity index (χ0) is 36.0. The monoisotopic (exact) mass is 710 g/mol. The zero-order valence-electron chi connectivity index (χ0n) is 32.1. The minimum atomic E-state index is 0.543. The van der Waals surface area contributed by atoms with Gasteiger partial charge in [-0.15, -0.1) is 0 Å². The Kier molecular flexibility index (Phi) is 11.6. The Morgan fingerprint density at radius 2 is 0.642 bits per heavy atom. The number of rotatable bonds is 10. The summed E-state index contributed by atoms with van der Waals surface area (Å²) in [5, 5.41) is 0. The number of hydrogen-bond acceptors (Lipinski definition) is 4. The normalized spacial score (nSPS) is 19.6. The number of hydrogen-bond donors (Lipinski definition) is 2. The van der Waals surface area contributed by atoms with Gasteiger partial charge in [0.25, 0.3) is 0 Å². The van der Waals surface area contributed by atoms with Crippen LogP contribution < -0.4 is 20.9 Å². The van der Waals surface area contributed by atoms with Crippen LogP contribution in [0.5, 0.6) is 23.0 Å². The number of anilines is 2. The molecule has 4 aliphatic carbocycles. The summed E-state index contributed by atoms with van der Waals surface area (Å²) in [6.07, 6.45) is 26.8. The average molecular weight is 711 g/mol. The van der Waals surface area contributed by atoms with Crippen LogP contribution >= 0.6 is 0 Å². The van der Waals surface area contributed by atoms with E-state index in [0.717, 1.165) is 40.8 Å². The van der Waals surface area contributed by atoms with Crippen molar-refractivity contribution in [3.8, 4) is 23.0 Å². The molecule has 4 aromatic carbocycles. The van der Waals surface area contributed by atoms with E-state index >= 15 is 0 Å². The topological polar surface area (TPSA) is 70.5 Å². The molecular formula is C49H62N2O2. The third kappa shape index (κ3) is 8.74. The Balaban J connectivity index is 1.24. The fraction of sp³-hybridized carbons (Fsp3) is 0.510. The molecule has 0 bridgehead atoms. The molecule has 4 nitrogen and oxygen atoms in total. The van der Waals surface area contributed by atoms with Gasteiger partial charge in [-0.3, -0.25) is 0 Å². The molecule has 0 aromatic heterocycles. The average Bonchev–Trinajstić information content (AvgIpc) is 3.21. The van der Waals surface area contributed by atoms with E-state index in [1.807, 2.05) is 48.5 Å². The van der Waals surface area contributed by atoms with Crippen LogP contribution in [0.2, 0.25) is 0 Å². The molecular weight excluding hydrogens is 649 g/mol. The molecule has 4 saturated carbocycles. The molecule has 4 fully saturated rings. The first-order valence-corrected chi connectivity index (χ1v) is 21.5. The second-order valence-corrected chi connectivity index (χ2v) is 17.1. The summed E-state index contributed by atoms with van der Waals surface area (Å²) in [6.45, 7) is 0. The van der Waals surface area contributed by atoms with Crippen LogP contribution in [-0.2, 0) is 6.42 Å². The molecule has 0 aliphatic heterocycles. The summed E-state index contributed by atoms with van der Waals surface area (Å²) >= 11 is 0. The summed E-state index contributed by atoms with van der Waals surface area (Å²) < 4.78 is 14.0. The minimum absolute atomic E-state index is 0.543. The van der Waals surface area contributed by atoms with Gasteiger partial charge in [0.05, 0.1) is 0 Å². The van der Waals surface area contributed by atoms with Gasteiger partial charge in [0.15, 0.2) is 0 Å². The summed E-state index contributed by atoms with van der Waals surface area (Å²) in [4.78, 5) is 0. The van der Waals surface area contributed by atoms with Gasteiger partial charge in [0, 0.05) is 11.4 Å². The van der Waals surface area contributed by atoms with Gasteiger partial charge in [-0.2, -0.15) is 0 Å². The number of nitrogens with two attached hydrogens (primary N) is 2. The summed E-state index contributed by atoms with van der Waals surface area (Å²) in [5.41, 5.74) is 22.5. The van der Waals surface area contributed by atoms with Crippen LogP contribution in [-0.4, -0.2) is 0 Å². The van der Waals surface area contributed by atoms with E-state index in [0.29, 0.717) is 23.7 Å². The summed E-state index contributed by atoms with van der Waals surface area (Å²) in [7, 11) is 0. The summed E-state index contributed by atoms with van der Waals surface area (Å²) in [5.74, 6) is 6.26. The molecule has 0 amide bonds. The lowest BCUT2D eigenvalue weighted by molar-refractivity contribution is 0.398. The Labute approximate surface area is 319 Å². The van der Waals surface area contributed by atoms with E-state index in [9.17, 15) is 0 Å². The minimum Gasteiger partial charge on any atom is -0.457 e. The highest BCUT2D eigenvalue weighted by Gasteiger charge is 2.30. The lowest BCUT2D eigenvalue weighted by atomic mass is 9.76. The van der Waals surface area contributed by atoms with Crippen molar-refractivity contribution in [2.24, 2.45) is 0 Å². The second kappa shape index (κ2) is 17.0. The van der Waals surface area contributed by atoms with Crippen molar-refractivity contribution >= 4 is 11.4 Å². The van der Waals surface area contributed by atoms with E-state index in [1.54, 1.807) is 0 Å². The van der Waals surface area contributed by atoms with E-state index in [2.05, 4.69) is 24.3 Å². The fourth-order valence-electron chi connectivity index (χ4n) is 10.3. The molecule has 0 saturated heterocycles. The highest BCUT2D eigenvalue weighted by atomic mass is 16.5. The quantitative estimate of drug-likeness (QED) is 0.161. The van der Waals surface area contributed by atoms with Gasteiger partial charge in [-0.25, -0.2) is 0 Å². The van der Waals surface area contributed by atoms with Gasteiger partial charge in [0.1, 0.15) is 23.0 Å². The Bertz CT molecular complexity index is 1580. The molecule has 280 valence electrons. The molecule has 0 atom stereocenters. The molecule has 0 heterocycles. The molecule has 4 aromatic rings. The Morgan fingerprint density at radius 1 is 0.377 bits per heavy atom. The van der Waals surface area contributed by atoms with E-state index in [1.165, 1.54) is 162 Å². The van der Waals surface area contributed by atoms with Crippen molar-refractivity contribution in [1.82, 2.24) is 0 Å². The first-order valence-electron chi connectivity index (χ1n) is 21.5. The van der Waals surface area contributed by atoms with E-state index in [-0.39, 0.29) is 0 Å². The zero-order valence-corrected chi connectivity index (χ0v) is 32.1. The predicted octanol–water partition coefficient (Wildman–Crippen LogP) is 14.2. The van der Waals surface area contributed by atoms with Gasteiger partial charge >= 0.3 is 0 Å². The lowest BCUT2D eigenvalue weighted by Crippen LogP contribution is -2.13. The molecule has 0 unspecified atom stereocenters. The van der Waals surface area contributed by atoms with Crippen LogP contribution in [0.1, 0.15) is 185 Å². The smallest absolute Gasteiger partial charge is 0.134 e. The number of benzene rings is 4. The molecule has 8 rings (SSSR count). The van der Waals surface area contributed by atoms with Crippen molar-refractivity contribution in [1.29, 1.82) is 0 Å². The van der Waals surface area contributed by atoms with E-state index in [4.69, 9.17) is 20.9 Å². The third-order valence-electron chi connectivity index (χ3n) is 13.2. The largest absolute Gasteiger partial charge is 0.457 e. The standard InChI is InChI=1S/C49H62N2O2/c50-40-21-25-42(26-22-40)52-48-44(36-13-5-1-6-14-36)30-34(31-45(48)37-15-7-2-8-16-37)29-35-32-46(38-17-9-3-10-18-38)49(53-43-27-23-41(51)24-28-43)47(33-35)39-19-11-4-12-20-39/h21-28,30-33,36-39H,1-20,29,50-51H2. The molecule has 4 heteroatoms. The molecule has 53 heavy (non-hydrogen) atoms. The first-order chi connectivity index (χ1) is 26.1. The van der Waals surface area contributed by atoms with Gasteiger partial charge in [-0.1, -0.05) is 101 Å². The maximum absolute atomic E-state index is 7.00. The molecule has 0 spiro atoms. The van der Waals surface area contributed by atoms with Crippen molar-refractivity contribution in [3.63, 3.8) is 0 Å². The van der Waals surface area contributed by atoms with Crippen molar-refractivity contribution < 1.29 is 9.47 Å². The highest BCUT2D eigenvalue weighted by Crippen LogP contribution is 2.49. The number of ether oxygens (including phenoxy) is 2. The molecule has 0 radical (unpaired) electrons. The van der Waals surface area contributed by atoms with Crippen LogP contribution in [0.15, 0.2) is 72.8 Å². The maximum atomic E-state index is 7.00. The van der Waals surface area contributed by atoms with Gasteiger partial charge < -0.3 is 20.9 Å². The Morgan fingerprint density at radius 3 is 0.906 bits per heavy atom. The highest BCUT2D eigenvalue weighted by molar-refractivity contribution is 5.55. The fourth-order valence-corrected chi connectivity index (χ4v) is 10.3. The summed E-state index contributed by atoms with van der Waals surface area (Å²) in [6, 6.07) is 26.3. The molecule has 4 aliphatic rings. The Hall–Kier alpha value is -3.92. The second-order valence-electron chi connectivity index (χ2n) is 17.1. The van der Waals surface area contributed by atoms with Crippen molar-refractivity contribution in [2.45, 2.75) is 159 Å². The van der Waals surface area contributed by atoms with Crippen molar-refractivity contribution in [2.75, 3.05) is 11.5 Å². The van der Waals surface area contributed by atoms with Gasteiger partial charge in [-0.05, 0) is 163 Å². The number of nitrogen functional groups attached to an aromatic ring is 2.